The Balaban J connectivity index is 1.91. The first kappa shape index (κ1) is 26.2. The zero-order valence-electron chi connectivity index (χ0n) is 19.3. The van der Waals surface area contributed by atoms with Crippen molar-refractivity contribution in [2.24, 2.45) is 11.3 Å². The number of nitrogens with zero attached hydrogens (tertiary/aromatic N) is 2. The van der Waals surface area contributed by atoms with Crippen LogP contribution >= 0.6 is 23.1 Å². The molecule has 1 amide bonds. The average Bonchev–Trinajstić information content (AvgIpc) is 3.27. The maximum absolute atomic E-state index is 12.8. The van der Waals surface area contributed by atoms with Gasteiger partial charge in [0.15, 0.2) is 0 Å². The summed E-state index contributed by atoms with van der Waals surface area (Å²) in [5.41, 5.74) is 1.07. The lowest BCUT2D eigenvalue weighted by Crippen LogP contribution is -2.66. The molecule has 3 heterocycles. The number of carbonyl (C=O) groups excluding carboxylic acids is 2. The van der Waals surface area contributed by atoms with Gasteiger partial charge in [-0.2, -0.15) is 0 Å². The number of thiazole rings is 1. The second kappa shape index (κ2) is 10.5. The molecule has 3 rings (SSSR count). The van der Waals surface area contributed by atoms with Crippen molar-refractivity contribution in [2.75, 3.05) is 6.61 Å². The second-order valence-electron chi connectivity index (χ2n) is 8.58. The predicted molar refractivity (Wildman–Crippen MR) is 125 cm³/mol. The zero-order chi connectivity index (χ0) is 25.2. The molecule has 0 aromatic carbocycles. The topological polar surface area (TPSA) is 146 Å². The SMILES string of the molecule is CC(C)OC(=O)OCC[C@@]1(C)C(SC=Cc2scnc2CO)=C(C(=O)O)N2C(=O)[C@H]([C@@H](C)O)[C@@H]21. The predicted octanol–water partition coefficient (Wildman–Crippen LogP) is 2.81. The van der Waals surface area contributed by atoms with E-state index in [0.29, 0.717) is 10.6 Å². The molecule has 0 spiro atoms. The Bertz CT molecular complexity index is 1020. The monoisotopic (exact) mass is 512 g/mol. The average molecular weight is 513 g/mol. The number of fused-ring (bicyclic) bond motifs is 1. The van der Waals surface area contributed by atoms with E-state index in [4.69, 9.17) is 9.47 Å². The number of aliphatic carboxylic acids is 1. The lowest BCUT2D eigenvalue weighted by atomic mass is 9.68. The molecule has 0 unspecified atom stereocenters. The van der Waals surface area contributed by atoms with Gasteiger partial charge >= 0.3 is 12.1 Å². The van der Waals surface area contributed by atoms with Crippen LogP contribution in [0.1, 0.15) is 44.7 Å². The Labute approximate surface area is 205 Å². The largest absolute Gasteiger partial charge is 0.508 e. The fourth-order valence-corrected chi connectivity index (χ4v) is 6.26. The van der Waals surface area contributed by atoms with Gasteiger partial charge in [0.2, 0.25) is 5.91 Å². The minimum Gasteiger partial charge on any atom is -0.477 e. The van der Waals surface area contributed by atoms with Gasteiger partial charge in [-0.05, 0) is 38.7 Å². The van der Waals surface area contributed by atoms with Crippen LogP contribution < -0.4 is 0 Å². The van der Waals surface area contributed by atoms with Crippen LogP contribution in [0.4, 0.5) is 4.79 Å². The van der Waals surface area contributed by atoms with Crippen LogP contribution in [-0.4, -0.2) is 68.1 Å². The first-order valence-electron chi connectivity index (χ1n) is 10.7. The number of ether oxygens (including phenoxy) is 2. The Kier molecular flexibility index (Phi) is 8.06. The van der Waals surface area contributed by atoms with Crippen molar-refractivity contribution in [3.8, 4) is 0 Å². The number of rotatable bonds is 10. The molecule has 4 atom stereocenters. The van der Waals surface area contributed by atoms with Crippen molar-refractivity contribution < 1.29 is 39.2 Å². The van der Waals surface area contributed by atoms with E-state index >= 15 is 0 Å². The maximum Gasteiger partial charge on any atom is 0.508 e. The smallest absolute Gasteiger partial charge is 0.477 e. The van der Waals surface area contributed by atoms with Gasteiger partial charge in [-0.3, -0.25) is 4.79 Å². The van der Waals surface area contributed by atoms with E-state index in [1.807, 2.05) is 6.92 Å². The van der Waals surface area contributed by atoms with Gasteiger partial charge in [-0.25, -0.2) is 14.6 Å². The number of aromatic nitrogens is 1. The highest BCUT2D eigenvalue weighted by atomic mass is 32.2. The van der Waals surface area contributed by atoms with Crippen LogP contribution in [-0.2, 0) is 25.7 Å². The number of aliphatic hydroxyl groups excluding tert-OH is 2. The molecule has 2 aliphatic rings. The van der Waals surface area contributed by atoms with Gasteiger partial charge in [0.1, 0.15) is 5.70 Å². The lowest BCUT2D eigenvalue weighted by Gasteiger charge is -2.50. The molecule has 1 aromatic rings. The fraction of sp³-hybridized carbons (Fsp3) is 0.545. The molecule has 1 aromatic heterocycles. The van der Waals surface area contributed by atoms with Crippen molar-refractivity contribution in [3.05, 3.63) is 32.1 Å². The highest BCUT2D eigenvalue weighted by molar-refractivity contribution is 8.06. The number of thioether (sulfide) groups is 1. The molecule has 0 bridgehead atoms. The zero-order valence-corrected chi connectivity index (χ0v) is 20.9. The molecular weight excluding hydrogens is 484 g/mol. The summed E-state index contributed by atoms with van der Waals surface area (Å²) in [5, 5.41) is 31.3. The number of carbonyl (C=O) groups is 3. The van der Waals surface area contributed by atoms with Crippen LogP contribution in [0.15, 0.2) is 21.5 Å². The number of carboxylic acid groups (broad SMARTS) is 1. The number of carboxylic acids is 1. The molecule has 12 heteroatoms. The molecule has 0 aliphatic carbocycles. The van der Waals surface area contributed by atoms with E-state index in [0.717, 1.165) is 16.6 Å². The van der Waals surface area contributed by atoms with Crippen molar-refractivity contribution >= 4 is 47.2 Å². The van der Waals surface area contributed by atoms with E-state index in [9.17, 15) is 29.7 Å². The summed E-state index contributed by atoms with van der Waals surface area (Å²) in [6.45, 7) is 6.41. The maximum atomic E-state index is 12.8. The van der Waals surface area contributed by atoms with Crippen LogP contribution in [0.2, 0.25) is 0 Å². The Hall–Kier alpha value is -2.41. The molecule has 0 radical (unpaired) electrons. The molecule has 2 aliphatic heterocycles. The quantitative estimate of drug-likeness (QED) is 0.316. The van der Waals surface area contributed by atoms with Gasteiger partial charge in [-0.15, -0.1) is 11.3 Å². The van der Waals surface area contributed by atoms with Gasteiger partial charge in [0.25, 0.3) is 0 Å². The van der Waals surface area contributed by atoms with Crippen molar-refractivity contribution in [2.45, 2.75) is 59.0 Å². The van der Waals surface area contributed by atoms with Crippen LogP contribution in [0, 0.1) is 11.3 Å². The summed E-state index contributed by atoms with van der Waals surface area (Å²) in [7, 11) is 0. The molecular formula is C22H28N2O8S2. The van der Waals surface area contributed by atoms with E-state index in [-0.39, 0.29) is 31.4 Å². The molecule has 34 heavy (non-hydrogen) atoms. The summed E-state index contributed by atoms with van der Waals surface area (Å²) < 4.78 is 10.2. The van der Waals surface area contributed by atoms with E-state index < -0.39 is 41.5 Å². The molecule has 0 saturated carbocycles. The number of hydrogen-bond acceptors (Lipinski definition) is 10. The number of aliphatic hydroxyl groups is 2. The van der Waals surface area contributed by atoms with E-state index in [2.05, 4.69) is 4.98 Å². The summed E-state index contributed by atoms with van der Waals surface area (Å²) in [5.74, 6) is -2.48. The molecule has 186 valence electrons. The fourth-order valence-electron chi connectivity index (χ4n) is 4.35. The van der Waals surface area contributed by atoms with Gasteiger partial charge in [0.05, 0.1) is 53.5 Å². The number of β-lactam (4-membered cyclic amide) rings is 1. The summed E-state index contributed by atoms with van der Waals surface area (Å²) >= 11 is 2.48. The summed E-state index contributed by atoms with van der Waals surface area (Å²) in [6.07, 6.45) is -0.212. The lowest BCUT2D eigenvalue weighted by molar-refractivity contribution is -0.167. The normalized spacial score (nSPS) is 25.0. The second-order valence-corrected chi connectivity index (χ2v) is 10.4. The summed E-state index contributed by atoms with van der Waals surface area (Å²) in [6, 6.07) is -0.594. The van der Waals surface area contributed by atoms with Crippen LogP contribution in [0.3, 0.4) is 0 Å². The third-order valence-corrected chi connectivity index (χ3v) is 7.90. The Morgan fingerprint density at radius 1 is 1.38 bits per heavy atom. The number of amides is 1. The van der Waals surface area contributed by atoms with Crippen molar-refractivity contribution in [1.82, 2.24) is 9.88 Å². The molecule has 1 fully saturated rings. The number of hydrogen-bond donors (Lipinski definition) is 3. The molecule has 10 nitrogen and oxygen atoms in total. The minimum absolute atomic E-state index is 0.0582. The Morgan fingerprint density at radius 2 is 2.09 bits per heavy atom. The minimum atomic E-state index is -1.25. The molecule has 1 saturated heterocycles. The van der Waals surface area contributed by atoms with Crippen LogP contribution in [0.5, 0.6) is 0 Å². The highest BCUT2D eigenvalue weighted by Crippen LogP contribution is 2.59. The third-order valence-electron chi connectivity index (χ3n) is 5.89. The van der Waals surface area contributed by atoms with Crippen LogP contribution in [0.25, 0.3) is 6.08 Å². The third kappa shape index (κ3) is 4.85. The van der Waals surface area contributed by atoms with Gasteiger partial charge < -0.3 is 29.7 Å². The summed E-state index contributed by atoms with van der Waals surface area (Å²) in [4.78, 5) is 43.3. The van der Waals surface area contributed by atoms with Crippen molar-refractivity contribution in [1.29, 1.82) is 0 Å². The standard InChI is InChI=1S/C22H28N2O8S2/c1-11(2)32-21(30)31-7-6-22(4)17-15(12(3)26)19(27)24(17)16(20(28)29)18(22)33-8-5-14-13(9-25)23-10-34-14/h5,8,10-12,15,17,25-26H,6-7,9H2,1-4H3,(H,28,29)/t12-,15-,17-,22-/m1/s1. The van der Waals surface area contributed by atoms with Crippen molar-refractivity contribution in [3.63, 3.8) is 0 Å². The first-order chi connectivity index (χ1) is 16.0. The van der Waals surface area contributed by atoms with E-state index in [1.165, 1.54) is 23.2 Å². The highest BCUT2D eigenvalue weighted by Gasteiger charge is 2.65. The van der Waals surface area contributed by atoms with E-state index in [1.54, 1.807) is 30.8 Å². The molecule has 3 N–H and O–H groups in total. The first-order valence-corrected chi connectivity index (χ1v) is 12.5. The van der Waals surface area contributed by atoms with Gasteiger partial charge in [0, 0.05) is 10.3 Å². The Morgan fingerprint density at radius 3 is 2.68 bits per heavy atom. The van der Waals surface area contributed by atoms with Gasteiger partial charge in [-0.1, -0.05) is 18.7 Å².